The summed E-state index contributed by atoms with van der Waals surface area (Å²) >= 11 is 0. The number of amides is 1. The molecular formula is C12H13N3O6. The molecule has 0 aliphatic carbocycles. The average Bonchev–Trinajstić information content (AvgIpc) is 2.85. The first-order valence-electron chi connectivity index (χ1n) is 6.26. The maximum atomic E-state index is 12.2. The van der Waals surface area contributed by atoms with Gasteiger partial charge in [-0.1, -0.05) is 0 Å². The smallest absolute Gasteiger partial charge is 0.303 e. The predicted octanol–water partition coefficient (Wildman–Crippen LogP) is 0.220. The average molecular weight is 295 g/mol. The number of carboxylic acid groups (broad SMARTS) is 1. The van der Waals surface area contributed by atoms with Crippen LogP contribution in [0.4, 0.5) is 5.69 Å². The summed E-state index contributed by atoms with van der Waals surface area (Å²) in [7, 11) is 0. The first-order valence-corrected chi connectivity index (χ1v) is 6.26. The molecule has 1 aliphatic heterocycles. The highest BCUT2D eigenvalue weighted by Crippen LogP contribution is 2.21. The summed E-state index contributed by atoms with van der Waals surface area (Å²) in [6.07, 6.45) is 1.41. The van der Waals surface area contributed by atoms with Gasteiger partial charge in [-0.15, -0.1) is 0 Å². The van der Waals surface area contributed by atoms with Crippen LogP contribution in [0.3, 0.4) is 0 Å². The Bertz CT molecular complexity index is 653. The van der Waals surface area contributed by atoms with Crippen LogP contribution < -0.4 is 5.56 Å². The number of pyridine rings is 1. The third kappa shape index (κ3) is 3.25. The van der Waals surface area contributed by atoms with E-state index in [0.29, 0.717) is 13.0 Å². The maximum Gasteiger partial charge on any atom is 0.303 e. The van der Waals surface area contributed by atoms with Crippen LogP contribution in [-0.4, -0.2) is 44.9 Å². The molecule has 1 aromatic rings. The number of carbonyl (C=O) groups excluding carboxylic acids is 1. The first-order chi connectivity index (χ1) is 9.88. The van der Waals surface area contributed by atoms with E-state index in [-0.39, 0.29) is 30.1 Å². The lowest BCUT2D eigenvalue weighted by Crippen LogP contribution is -2.33. The quantitative estimate of drug-likeness (QED) is 0.602. The highest BCUT2D eigenvalue weighted by Gasteiger charge is 2.30. The van der Waals surface area contributed by atoms with E-state index in [1.807, 2.05) is 0 Å². The molecule has 2 heterocycles. The number of aromatic nitrogens is 1. The van der Waals surface area contributed by atoms with Crippen LogP contribution >= 0.6 is 0 Å². The molecule has 21 heavy (non-hydrogen) atoms. The maximum absolute atomic E-state index is 12.2. The molecule has 1 fully saturated rings. The molecule has 2 rings (SSSR count). The molecule has 0 radical (unpaired) electrons. The van der Waals surface area contributed by atoms with Crippen molar-refractivity contribution in [3.8, 4) is 0 Å². The highest BCUT2D eigenvalue weighted by atomic mass is 16.6. The number of carbonyl (C=O) groups is 2. The van der Waals surface area contributed by atoms with Crippen LogP contribution in [0.5, 0.6) is 0 Å². The van der Waals surface area contributed by atoms with Gasteiger partial charge in [-0.2, -0.15) is 0 Å². The second-order valence-electron chi connectivity index (χ2n) is 4.86. The molecule has 0 saturated carbocycles. The topological polar surface area (TPSA) is 134 Å². The fourth-order valence-electron chi connectivity index (χ4n) is 2.34. The zero-order valence-electron chi connectivity index (χ0n) is 10.9. The summed E-state index contributed by atoms with van der Waals surface area (Å²) < 4.78 is 0. The van der Waals surface area contributed by atoms with Crippen molar-refractivity contribution in [2.24, 2.45) is 5.92 Å². The molecule has 1 unspecified atom stereocenters. The van der Waals surface area contributed by atoms with E-state index >= 15 is 0 Å². The van der Waals surface area contributed by atoms with Crippen LogP contribution in [0.25, 0.3) is 0 Å². The Morgan fingerprint density at radius 1 is 1.52 bits per heavy atom. The lowest BCUT2D eigenvalue weighted by atomic mass is 10.1. The van der Waals surface area contributed by atoms with Crippen molar-refractivity contribution in [2.45, 2.75) is 12.8 Å². The molecule has 0 spiro atoms. The van der Waals surface area contributed by atoms with E-state index in [1.54, 1.807) is 0 Å². The lowest BCUT2D eigenvalue weighted by Gasteiger charge is -2.15. The van der Waals surface area contributed by atoms with Gasteiger partial charge < -0.3 is 15.0 Å². The summed E-state index contributed by atoms with van der Waals surface area (Å²) in [6.45, 7) is 0.562. The number of carboxylic acids is 1. The Labute approximate surface area is 118 Å². The number of H-pyrrole nitrogens is 1. The number of nitro groups is 1. The third-order valence-corrected chi connectivity index (χ3v) is 3.37. The van der Waals surface area contributed by atoms with Crippen molar-refractivity contribution in [3.05, 3.63) is 38.3 Å². The normalized spacial score (nSPS) is 17.7. The molecule has 9 nitrogen and oxygen atoms in total. The standard InChI is InChI=1S/C12H13N3O6/c16-10(17)3-7-1-2-14(6-7)12(19)9-4-8(15(20)21)5-13-11(9)18/h4-5,7H,1-3,6H2,(H,13,18)(H,16,17). The predicted molar refractivity (Wildman–Crippen MR) is 70.0 cm³/mol. The second-order valence-corrected chi connectivity index (χ2v) is 4.86. The minimum Gasteiger partial charge on any atom is -0.481 e. The summed E-state index contributed by atoms with van der Waals surface area (Å²) in [6, 6.07) is 0.936. The summed E-state index contributed by atoms with van der Waals surface area (Å²) in [5.41, 5.74) is -1.38. The van der Waals surface area contributed by atoms with Gasteiger partial charge in [0.05, 0.1) is 11.1 Å². The van der Waals surface area contributed by atoms with Crippen LogP contribution in [0.1, 0.15) is 23.2 Å². The minimum absolute atomic E-state index is 0.0466. The minimum atomic E-state index is -0.942. The molecule has 9 heteroatoms. The Morgan fingerprint density at radius 2 is 2.24 bits per heavy atom. The summed E-state index contributed by atoms with van der Waals surface area (Å²) in [5, 5.41) is 19.4. The molecule has 1 amide bonds. The summed E-state index contributed by atoms with van der Waals surface area (Å²) in [4.78, 5) is 48.0. The monoisotopic (exact) mass is 295 g/mol. The number of nitrogens with zero attached hydrogens (tertiary/aromatic N) is 2. The third-order valence-electron chi connectivity index (χ3n) is 3.37. The van der Waals surface area contributed by atoms with Crippen molar-refractivity contribution in [2.75, 3.05) is 13.1 Å². The molecule has 0 bridgehead atoms. The van der Waals surface area contributed by atoms with Crippen molar-refractivity contribution in [3.63, 3.8) is 0 Å². The van der Waals surface area contributed by atoms with Gasteiger partial charge in [0.25, 0.3) is 17.2 Å². The lowest BCUT2D eigenvalue weighted by molar-refractivity contribution is -0.385. The molecule has 0 aromatic carbocycles. The Morgan fingerprint density at radius 3 is 2.86 bits per heavy atom. The van der Waals surface area contributed by atoms with Gasteiger partial charge in [0, 0.05) is 25.6 Å². The van der Waals surface area contributed by atoms with E-state index in [4.69, 9.17) is 5.11 Å². The number of likely N-dealkylation sites (tertiary alicyclic amines) is 1. The van der Waals surface area contributed by atoms with Gasteiger partial charge in [0.15, 0.2) is 0 Å². The van der Waals surface area contributed by atoms with Crippen molar-refractivity contribution < 1.29 is 19.6 Å². The molecule has 2 N–H and O–H groups in total. The fourth-order valence-corrected chi connectivity index (χ4v) is 2.34. The number of aromatic amines is 1. The van der Waals surface area contributed by atoms with Crippen LogP contribution in [0.2, 0.25) is 0 Å². The zero-order valence-corrected chi connectivity index (χ0v) is 10.9. The van der Waals surface area contributed by atoms with Crippen molar-refractivity contribution in [1.82, 2.24) is 9.88 Å². The van der Waals surface area contributed by atoms with Gasteiger partial charge in [-0.25, -0.2) is 0 Å². The Hall–Kier alpha value is -2.71. The van der Waals surface area contributed by atoms with Gasteiger partial charge in [-0.05, 0) is 12.3 Å². The molecule has 1 atom stereocenters. The molecule has 112 valence electrons. The van der Waals surface area contributed by atoms with E-state index in [1.165, 1.54) is 4.90 Å². The Balaban J connectivity index is 2.18. The van der Waals surface area contributed by atoms with Gasteiger partial charge in [0.1, 0.15) is 5.56 Å². The first kappa shape index (κ1) is 14.7. The second kappa shape index (κ2) is 5.73. The number of aliphatic carboxylic acids is 1. The number of hydrogen-bond donors (Lipinski definition) is 2. The van der Waals surface area contributed by atoms with Crippen LogP contribution in [0.15, 0.2) is 17.1 Å². The molecule has 1 aliphatic rings. The van der Waals surface area contributed by atoms with Gasteiger partial charge in [0.2, 0.25) is 0 Å². The van der Waals surface area contributed by atoms with Crippen LogP contribution in [0, 0.1) is 16.0 Å². The largest absolute Gasteiger partial charge is 0.481 e. The van der Waals surface area contributed by atoms with Gasteiger partial charge in [-0.3, -0.25) is 24.5 Å². The van der Waals surface area contributed by atoms with E-state index in [0.717, 1.165) is 12.3 Å². The highest BCUT2D eigenvalue weighted by molar-refractivity contribution is 5.94. The molecular weight excluding hydrogens is 282 g/mol. The van der Waals surface area contributed by atoms with Crippen molar-refractivity contribution >= 4 is 17.6 Å². The molecule has 1 aromatic heterocycles. The number of rotatable bonds is 4. The molecule has 1 saturated heterocycles. The fraction of sp³-hybridized carbons (Fsp3) is 0.417. The summed E-state index contributed by atoms with van der Waals surface area (Å²) in [5.74, 6) is -1.72. The number of hydrogen-bond acceptors (Lipinski definition) is 5. The zero-order chi connectivity index (χ0) is 15.6. The van der Waals surface area contributed by atoms with E-state index < -0.39 is 22.4 Å². The Kier molecular flexibility index (Phi) is 4.01. The van der Waals surface area contributed by atoms with Crippen molar-refractivity contribution in [1.29, 1.82) is 0 Å². The van der Waals surface area contributed by atoms with Crippen LogP contribution in [-0.2, 0) is 4.79 Å². The van der Waals surface area contributed by atoms with E-state index in [9.17, 15) is 24.5 Å². The SMILES string of the molecule is O=C(O)CC1CCN(C(=O)c2cc([N+](=O)[O-])c[nH]c2=O)C1. The number of nitrogens with one attached hydrogen (secondary N) is 1. The van der Waals surface area contributed by atoms with E-state index in [2.05, 4.69) is 4.98 Å². The van der Waals surface area contributed by atoms with Gasteiger partial charge >= 0.3 is 5.97 Å².